The first-order chi connectivity index (χ1) is 8.83. The molecule has 0 aliphatic rings. The van der Waals surface area contributed by atoms with Crippen LogP contribution in [0.25, 0.3) is 0 Å². The SMILES string of the molecule is CCCOCCOC(CN)c1ccccc1OC. The highest BCUT2D eigenvalue weighted by molar-refractivity contribution is 5.35. The van der Waals surface area contributed by atoms with Crippen LogP contribution in [-0.2, 0) is 9.47 Å². The van der Waals surface area contributed by atoms with Gasteiger partial charge in [0.2, 0.25) is 0 Å². The first-order valence-electron chi connectivity index (χ1n) is 6.35. The van der Waals surface area contributed by atoms with Gasteiger partial charge < -0.3 is 19.9 Å². The second-order valence-corrected chi connectivity index (χ2v) is 3.95. The molecule has 102 valence electrons. The fraction of sp³-hybridized carbons (Fsp3) is 0.571. The Morgan fingerprint density at radius 3 is 2.61 bits per heavy atom. The van der Waals surface area contributed by atoms with Crippen molar-refractivity contribution in [1.29, 1.82) is 0 Å². The van der Waals surface area contributed by atoms with E-state index in [1.807, 2.05) is 24.3 Å². The third kappa shape index (κ3) is 4.64. The van der Waals surface area contributed by atoms with E-state index in [0.717, 1.165) is 24.3 Å². The Bertz CT molecular complexity index is 331. The zero-order valence-corrected chi connectivity index (χ0v) is 11.2. The molecular weight excluding hydrogens is 230 g/mol. The van der Waals surface area contributed by atoms with E-state index in [0.29, 0.717) is 19.8 Å². The van der Waals surface area contributed by atoms with Crippen molar-refractivity contribution in [2.45, 2.75) is 19.4 Å². The molecule has 0 spiro atoms. The van der Waals surface area contributed by atoms with Gasteiger partial charge in [-0.2, -0.15) is 0 Å². The molecule has 1 aromatic rings. The molecule has 0 fully saturated rings. The van der Waals surface area contributed by atoms with Crippen molar-refractivity contribution in [2.75, 3.05) is 33.5 Å². The predicted molar refractivity (Wildman–Crippen MR) is 71.9 cm³/mol. The molecule has 1 atom stereocenters. The van der Waals surface area contributed by atoms with Gasteiger partial charge in [0, 0.05) is 18.7 Å². The summed E-state index contributed by atoms with van der Waals surface area (Å²) in [6, 6.07) is 7.77. The van der Waals surface area contributed by atoms with Crippen molar-refractivity contribution in [2.24, 2.45) is 5.73 Å². The normalized spacial score (nSPS) is 12.4. The number of rotatable bonds is 9. The number of nitrogens with two attached hydrogens (primary N) is 1. The molecule has 1 unspecified atom stereocenters. The third-order valence-corrected chi connectivity index (χ3v) is 2.60. The lowest BCUT2D eigenvalue weighted by Gasteiger charge is -2.18. The molecule has 1 rings (SSSR count). The summed E-state index contributed by atoms with van der Waals surface area (Å²) in [5.74, 6) is 0.808. The van der Waals surface area contributed by atoms with Crippen LogP contribution in [0, 0.1) is 0 Å². The van der Waals surface area contributed by atoms with Crippen molar-refractivity contribution in [3.05, 3.63) is 29.8 Å². The summed E-state index contributed by atoms with van der Waals surface area (Å²) in [5.41, 5.74) is 6.73. The van der Waals surface area contributed by atoms with E-state index < -0.39 is 0 Å². The van der Waals surface area contributed by atoms with Gasteiger partial charge in [0.05, 0.1) is 26.4 Å². The van der Waals surface area contributed by atoms with E-state index in [-0.39, 0.29) is 6.10 Å². The van der Waals surface area contributed by atoms with Crippen LogP contribution >= 0.6 is 0 Å². The summed E-state index contributed by atoms with van der Waals surface area (Å²) in [5, 5.41) is 0. The predicted octanol–water partition coefficient (Wildman–Crippen LogP) is 2.14. The average molecular weight is 253 g/mol. The molecule has 0 aliphatic carbocycles. The number of ether oxygens (including phenoxy) is 3. The Morgan fingerprint density at radius 1 is 1.17 bits per heavy atom. The van der Waals surface area contributed by atoms with Crippen LogP contribution in [0.15, 0.2) is 24.3 Å². The zero-order valence-electron chi connectivity index (χ0n) is 11.2. The average Bonchev–Trinajstić information content (AvgIpc) is 2.43. The molecule has 0 aromatic heterocycles. The molecule has 4 heteroatoms. The molecule has 0 bridgehead atoms. The number of methoxy groups -OCH3 is 1. The summed E-state index contributed by atoms with van der Waals surface area (Å²) in [4.78, 5) is 0. The smallest absolute Gasteiger partial charge is 0.124 e. The van der Waals surface area contributed by atoms with E-state index in [1.165, 1.54) is 0 Å². The minimum absolute atomic E-state index is 0.147. The van der Waals surface area contributed by atoms with Crippen molar-refractivity contribution >= 4 is 0 Å². The fourth-order valence-electron chi connectivity index (χ4n) is 1.71. The highest BCUT2D eigenvalue weighted by Crippen LogP contribution is 2.26. The van der Waals surface area contributed by atoms with Gasteiger partial charge in [-0.1, -0.05) is 25.1 Å². The van der Waals surface area contributed by atoms with E-state index in [1.54, 1.807) is 7.11 Å². The van der Waals surface area contributed by atoms with Crippen LogP contribution in [0.3, 0.4) is 0 Å². The molecular formula is C14H23NO3. The lowest BCUT2D eigenvalue weighted by molar-refractivity contribution is 0.00681. The summed E-state index contributed by atoms with van der Waals surface area (Å²) < 4.78 is 16.4. The first-order valence-corrected chi connectivity index (χ1v) is 6.35. The zero-order chi connectivity index (χ0) is 13.2. The van der Waals surface area contributed by atoms with Crippen LogP contribution in [0.4, 0.5) is 0 Å². The van der Waals surface area contributed by atoms with Crippen molar-refractivity contribution in [3.8, 4) is 5.75 Å². The maximum absolute atomic E-state index is 5.75. The molecule has 2 N–H and O–H groups in total. The van der Waals surface area contributed by atoms with Gasteiger partial charge >= 0.3 is 0 Å². The van der Waals surface area contributed by atoms with Crippen LogP contribution in [0.1, 0.15) is 25.0 Å². The Balaban J connectivity index is 2.49. The van der Waals surface area contributed by atoms with Gasteiger partial charge in [0.25, 0.3) is 0 Å². The number of hydrogen-bond donors (Lipinski definition) is 1. The van der Waals surface area contributed by atoms with Gasteiger partial charge in [-0.25, -0.2) is 0 Å². The Hall–Kier alpha value is -1.10. The third-order valence-electron chi connectivity index (χ3n) is 2.60. The van der Waals surface area contributed by atoms with Gasteiger partial charge in [0.15, 0.2) is 0 Å². The maximum Gasteiger partial charge on any atom is 0.124 e. The summed E-state index contributed by atoms with van der Waals surface area (Å²) in [7, 11) is 1.65. The van der Waals surface area contributed by atoms with Gasteiger partial charge in [-0.3, -0.25) is 0 Å². The van der Waals surface area contributed by atoms with Crippen molar-refractivity contribution in [3.63, 3.8) is 0 Å². The second-order valence-electron chi connectivity index (χ2n) is 3.95. The Kier molecular flexibility index (Phi) is 7.41. The van der Waals surface area contributed by atoms with E-state index in [4.69, 9.17) is 19.9 Å². The quantitative estimate of drug-likeness (QED) is 0.685. The molecule has 0 heterocycles. The van der Waals surface area contributed by atoms with E-state index in [9.17, 15) is 0 Å². The van der Waals surface area contributed by atoms with Crippen molar-refractivity contribution < 1.29 is 14.2 Å². The van der Waals surface area contributed by atoms with Crippen molar-refractivity contribution in [1.82, 2.24) is 0 Å². The largest absolute Gasteiger partial charge is 0.496 e. The minimum Gasteiger partial charge on any atom is -0.496 e. The monoisotopic (exact) mass is 253 g/mol. The van der Waals surface area contributed by atoms with Crippen LogP contribution in [-0.4, -0.2) is 33.5 Å². The van der Waals surface area contributed by atoms with Gasteiger partial charge in [-0.15, -0.1) is 0 Å². The maximum atomic E-state index is 5.75. The molecule has 0 saturated heterocycles. The number of benzene rings is 1. The fourth-order valence-corrected chi connectivity index (χ4v) is 1.71. The number of para-hydroxylation sites is 1. The summed E-state index contributed by atoms with van der Waals surface area (Å²) >= 11 is 0. The van der Waals surface area contributed by atoms with E-state index in [2.05, 4.69) is 6.92 Å². The standard InChI is InChI=1S/C14H23NO3/c1-3-8-17-9-10-18-14(11-15)12-6-4-5-7-13(12)16-2/h4-7,14H,3,8-11,15H2,1-2H3. The molecule has 0 amide bonds. The van der Waals surface area contributed by atoms with Crippen LogP contribution in [0.5, 0.6) is 5.75 Å². The van der Waals surface area contributed by atoms with Gasteiger partial charge in [0.1, 0.15) is 5.75 Å². The first kappa shape index (κ1) is 15.0. The topological polar surface area (TPSA) is 53.7 Å². The van der Waals surface area contributed by atoms with Crippen LogP contribution in [0.2, 0.25) is 0 Å². The second kappa shape index (κ2) is 8.91. The molecule has 0 aliphatic heterocycles. The molecule has 1 aromatic carbocycles. The highest BCUT2D eigenvalue weighted by Gasteiger charge is 2.14. The lowest BCUT2D eigenvalue weighted by atomic mass is 10.1. The highest BCUT2D eigenvalue weighted by atomic mass is 16.5. The minimum atomic E-state index is -0.147. The molecule has 0 radical (unpaired) electrons. The summed E-state index contributed by atoms with van der Waals surface area (Å²) in [6.45, 7) is 4.41. The van der Waals surface area contributed by atoms with E-state index >= 15 is 0 Å². The van der Waals surface area contributed by atoms with Crippen LogP contribution < -0.4 is 10.5 Å². The Labute approximate surface area is 109 Å². The van der Waals surface area contributed by atoms with Gasteiger partial charge in [-0.05, 0) is 12.5 Å². The lowest BCUT2D eigenvalue weighted by Crippen LogP contribution is -2.19. The molecule has 0 saturated carbocycles. The summed E-state index contributed by atoms with van der Waals surface area (Å²) in [6.07, 6.45) is 0.874. The Morgan fingerprint density at radius 2 is 1.94 bits per heavy atom. The molecule has 4 nitrogen and oxygen atoms in total. The molecule has 18 heavy (non-hydrogen) atoms. The number of hydrogen-bond acceptors (Lipinski definition) is 4.